The van der Waals surface area contributed by atoms with Crippen LogP contribution >= 0.6 is 15.9 Å². The lowest BCUT2D eigenvalue weighted by Crippen LogP contribution is -2.33. The number of fused-ring (bicyclic) bond motifs is 1. The Morgan fingerprint density at radius 3 is 2.81 bits per heavy atom. The van der Waals surface area contributed by atoms with Crippen LogP contribution in [0.5, 0.6) is 0 Å². The summed E-state index contributed by atoms with van der Waals surface area (Å²) in [4.78, 5) is 13.8. The molecule has 1 saturated heterocycles. The first-order valence-electron chi connectivity index (χ1n) is 8.55. The number of carbonyl (C=O) groups is 1. The van der Waals surface area contributed by atoms with Crippen molar-refractivity contribution in [1.29, 1.82) is 0 Å². The maximum Gasteiger partial charge on any atom is 0.245 e. The maximum absolute atomic E-state index is 13.5. The molecule has 1 aromatic heterocycles. The summed E-state index contributed by atoms with van der Waals surface area (Å²) in [5.41, 5.74) is 1.40. The van der Waals surface area contributed by atoms with E-state index < -0.39 is 10.0 Å². The molecule has 26 heavy (non-hydrogen) atoms. The van der Waals surface area contributed by atoms with Crippen molar-refractivity contribution in [2.45, 2.75) is 37.1 Å². The molecule has 0 radical (unpaired) electrons. The summed E-state index contributed by atoms with van der Waals surface area (Å²) in [5, 5.41) is 0. The maximum atomic E-state index is 13.5. The largest absolute Gasteiger partial charge is 0.468 e. The molecule has 2 aliphatic rings. The zero-order valence-electron chi connectivity index (χ0n) is 14.3. The number of furan rings is 1. The summed E-state index contributed by atoms with van der Waals surface area (Å²) in [7, 11) is -3.78. The smallest absolute Gasteiger partial charge is 0.245 e. The number of benzene rings is 1. The lowest BCUT2D eigenvalue weighted by molar-refractivity contribution is -0.116. The van der Waals surface area contributed by atoms with Gasteiger partial charge in [0.15, 0.2) is 0 Å². The standard InChI is InChI=1S/C18H19BrN2O4S/c1-12(22)20-8-6-13-10-14(19)11-17(18(13)20)26(23,24)21-7-2-4-15(21)16-5-3-9-25-16/h3,5,9-11,15H,2,4,6-8H2,1H3. The zero-order valence-corrected chi connectivity index (χ0v) is 16.7. The number of hydrogen-bond acceptors (Lipinski definition) is 4. The Morgan fingerprint density at radius 2 is 2.12 bits per heavy atom. The van der Waals surface area contributed by atoms with Crippen LogP contribution in [-0.2, 0) is 21.2 Å². The van der Waals surface area contributed by atoms with E-state index in [1.807, 2.05) is 12.1 Å². The first kappa shape index (κ1) is 17.8. The first-order chi connectivity index (χ1) is 12.4. The fraction of sp³-hybridized carbons (Fsp3) is 0.389. The second kappa shape index (κ2) is 6.51. The highest BCUT2D eigenvalue weighted by molar-refractivity contribution is 9.10. The van der Waals surface area contributed by atoms with Gasteiger partial charge in [0.1, 0.15) is 10.7 Å². The SMILES string of the molecule is CC(=O)N1CCc2cc(Br)cc(S(=O)(=O)N3CCCC3c3ccco3)c21. The van der Waals surface area contributed by atoms with E-state index in [2.05, 4.69) is 15.9 Å². The molecule has 1 aromatic carbocycles. The summed E-state index contributed by atoms with van der Waals surface area (Å²) in [6, 6.07) is 6.77. The number of nitrogens with zero attached hydrogens (tertiary/aromatic N) is 2. The molecule has 3 heterocycles. The fourth-order valence-corrected chi connectivity index (χ4v) is 6.48. The molecule has 0 spiro atoms. The van der Waals surface area contributed by atoms with E-state index in [1.54, 1.807) is 23.3 Å². The molecule has 2 aliphatic heterocycles. The number of hydrogen-bond donors (Lipinski definition) is 0. The molecule has 4 rings (SSSR count). The van der Waals surface area contributed by atoms with Crippen molar-refractivity contribution in [3.05, 3.63) is 46.3 Å². The Morgan fingerprint density at radius 1 is 1.31 bits per heavy atom. The van der Waals surface area contributed by atoms with Crippen molar-refractivity contribution in [1.82, 2.24) is 4.31 Å². The number of carbonyl (C=O) groups excluding carboxylic acids is 1. The number of rotatable bonds is 3. The Labute approximate surface area is 161 Å². The Balaban J connectivity index is 1.83. The molecule has 0 N–H and O–H groups in total. The second-order valence-corrected chi connectivity index (χ2v) is 9.40. The molecule has 8 heteroatoms. The van der Waals surface area contributed by atoms with Gasteiger partial charge in [0.25, 0.3) is 0 Å². The number of amides is 1. The van der Waals surface area contributed by atoms with Crippen LogP contribution in [0.1, 0.15) is 37.1 Å². The van der Waals surface area contributed by atoms with E-state index in [-0.39, 0.29) is 16.8 Å². The van der Waals surface area contributed by atoms with Crippen molar-refractivity contribution in [2.75, 3.05) is 18.0 Å². The van der Waals surface area contributed by atoms with Crippen LogP contribution in [0.15, 0.2) is 44.3 Å². The average Bonchev–Trinajstić information content (AvgIpc) is 3.32. The van der Waals surface area contributed by atoms with E-state index in [0.717, 1.165) is 18.4 Å². The quantitative estimate of drug-likeness (QED) is 0.735. The third kappa shape index (κ3) is 2.80. The number of anilines is 1. The molecule has 6 nitrogen and oxygen atoms in total. The monoisotopic (exact) mass is 438 g/mol. The van der Waals surface area contributed by atoms with E-state index in [0.29, 0.717) is 35.4 Å². The zero-order chi connectivity index (χ0) is 18.5. The fourth-order valence-electron chi connectivity index (χ4n) is 3.90. The van der Waals surface area contributed by atoms with E-state index in [1.165, 1.54) is 11.2 Å². The Hall–Kier alpha value is -1.64. The summed E-state index contributed by atoms with van der Waals surface area (Å²) < 4.78 is 34.8. The summed E-state index contributed by atoms with van der Waals surface area (Å²) in [6.07, 6.45) is 3.71. The Bertz CT molecular complexity index is 956. The van der Waals surface area contributed by atoms with Gasteiger partial charge in [-0.05, 0) is 49.1 Å². The predicted octanol–water partition coefficient (Wildman–Crippen LogP) is 3.48. The van der Waals surface area contributed by atoms with Gasteiger partial charge in [-0.15, -0.1) is 0 Å². The molecular formula is C18H19BrN2O4S. The molecule has 1 fully saturated rings. The minimum absolute atomic E-state index is 0.147. The van der Waals surface area contributed by atoms with Crippen LogP contribution in [0.3, 0.4) is 0 Å². The number of sulfonamides is 1. The second-order valence-electron chi connectivity index (χ2n) is 6.62. The number of halogens is 1. The summed E-state index contributed by atoms with van der Waals surface area (Å²) in [5.74, 6) is 0.507. The van der Waals surface area contributed by atoms with Gasteiger partial charge in [-0.3, -0.25) is 4.79 Å². The van der Waals surface area contributed by atoms with Gasteiger partial charge in [0, 0.05) is 24.5 Å². The summed E-state index contributed by atoms with van der Waals surface area (Å²) in [6.45, 7) is 2.41. The van der Waals surface area contributed by atoms with Gasteiger partial charge >= 0.3 is 0 Å². The predicted molar refractivity (Wildman–Crippen MR) is 100 cm³/mol. The van der Waals surface area contributed by atoms with Gasteiger partial charge < -0.3 is 9.32 Å². The van der Waals surface area contributed by atoms with Crippen molar-refractivity contribution >= 4 is 37.5 Å². The van der Waals surface area contributed by atoms with Crippen LogP contribution in [0.25, 0.3) is 0 Å². The van der Waals surface area contributed by atoms with Gasteiger partial charge in [0.05, 0.1) is 18.0 Å². The normalized spacial score (nSPS) is 20.5. The van der Waals surface area contributed by atoms with E-state index in [4.69, 9.17) is 4.42 Å². The first-order valence-corrected chi connectivity index (χ1v) is 10.8. The molecule has 2 aromatic rings. The molecule has 0 aliphatic carbocycles. The molecule has 1 amide bonds. The van der Waals surface area contributed by atoms with Crippen LogP contribution in [0.4, 0.5) is 5.69 Å². The van der Waals surface area contributed by atoms with Gasteiger partial charge in [-0.1, -0.05) is 15.9 Å². The van der Waals surface area contributed by atoms with Crippen LogP contribution in [0.2, 0.25) is 0 Å². The molecular weight excluding hydrogens is 420 g/mol. The topological polar surface area (TPSA) is 70.8 Å². The highest BCUT2D eigenvalue weighted by atomic mass is 79.9. The minimum atomic E-state index is -3.78. The van der Waals surface area contributed by atoms with Gasteiger partial charge in [0.2, 0.25) is 15.9 Å². The third-order valence-electron chi connectivity index (χ3n) is 5.04. The molecule has 0 bridgehead atoms. The molecule has 1 unspecified atom stereocenters. The van der Waals surface area contributed by atoms with Crippen LogP contribution in [-0.4, -0.2) is 31.7 Å². The van der Waals surface area contributed by atoms with Crippen molar-refractivity contribution in [2.24, 2.45) is 0 Å². The van der Waals surface area contributed by atoms with E-state index >= 15 is 0 Å². The molecule has 0 saturated carbocycles. The lowest BCUT2D eigenvalue weighted by atomic mass is 10.2. The molecule has 138 valence electrons. The average molecular weight is 439 g/mol. The van der Waals surface area contributed by atoms with Crippen molar-refractivity contribution < 1.29 is 17.6 Å². The summed E-state index contributed by atoms with van der Waals surface area (Å²) >= 11 is 3.42. The van der Waals surface area contributed by atoms with Crippen molar-refractivity contribution in [3.63, 3.8) is 0 Å². The Kier molecular flexibility index (Phi) is 4.45. The van der Waals surface area contributed by atoms with E-state index in [9.17, 15) is 13.2 Å². The van der Waals surface area contributed by atoms with Crippen LogP contribution < -0.4 is 4.90 Å². The van der Waals surface area contributed by atoms with Crippen LogP contribution in [0, 0.1) is 0 Å². The van der Waals surface area contributed by atoms with Gasteiger partial charge in [-0.2, -0.15) is 4.31 Å². The lowest BCUT2D eigenvalue weighted by Gasteiger charge is -2.26. The molecule has 1 atom stereocenters. The van der Waals surface area contributed by atoms with Gasteiger partial charge in [-0.25, -0.2) is 8.42 Å². The van der Waals surface area contributed by atoms with Crippen molar-refractivity contribution in [3.8, 4) is 0 Å². The third-order valence-corrected chi connectivity index (χ3v) is 7.41. The highest BCUT2D eigenvalue weighted by Gasteiger charge is 2.41. The minimum Gasteiger partial charge on any atom is -0.468 e. The highest BCUT2D eigenvalue weighted by Crippen LogP contribution is 2.43.